The van der Waals surface area contributed by atoms with E-state index >= 15 is 0 Å². The van der Waals surface area contributed by atoms with Gasteiger partial charge in [0.05, 0.1) is 6.54 Å². The second-order valence-corrected chi connectivity index (χ2v) is 6.57. The van der Waals surface area contributed by atoms with Crippen molar-refractivity contribution in [2.45, 2.75) is 51.4 Å². The average molecular weight is 381 g/mol. The number of alkyl halides is 3. The first-order valence-corrected chi connectivity index (χ1v) is 9.01. The molecule has 1 aliphatic rings. The molecular weight excluding hydrogens is 359 g/mol. The van der Waals surface area contributed by atoms with E-state index in [1.807, 2.05) is 6.07 Å². The van der Waals surface area contributed by atoms with Gasteiger partial charge in [-0.25, -0.2) is 0 Å². The second kappa shape index (κ2) is 8.02. The number of rotatable bonds is 6. The Bertz CT molecular complexity index is 787. The number of halogens is 3. The van der Waals surface area contributed by atoms with Crippen LogP contribution in [0, 0.1) is 0 Å². The predicted molar refractivity (Wildman–Crippen MR) is 93.4 cm³/mol. The first-order chi connectivity index (χ1) is 12.9. The van der Waals surface area contributed by atoms with Crippen LogP contribution < -0.4 is 10.1 Å². The highest BCUT2D eigenvalue weighted by molar-refractivity contribution is 5.80. The number of carbonyl (C=O) groups is 1. The molecule has 0 spiro atoms. The molecule has 1 aromatic heterocycles. The number of nitrogens with zero attached hydrogens (tertiary/aromatic N) is 2. The van der Waals surface area contributed by atoms with Gasteiger partial charge < -0.3 is 10.1 Å². The highest BCUT2D eigenvalue weighted by Crippen LogP contribution is 2.35. The summed E-state index contributed by atoms with van der Waals surface area (Å²) < 4.78 is 46.5. The number of hydrogen-bond donors (Lipinski definition) is 1. The van der Waals surface area contributed by atoms with Crippen LogP contribution in [0.15, 0.2) is 30.3 Å². The summed E-state index contributed by atoms with van der Waals surface area (Å²) in [4.78, 5) is 12.1. The van der Waals surface area contributed by atoms with Gasteiger partial charge in [0.25, 0.3) is 5.91 Å². The smallest absolute Gasteiger partial charge is 0.435 e. The summed E-state index contributed by atoms with van der Waals surface area (Å²) in [6, 6.07) is 8.95. The number of para-hydroxylation sites is 1. The maximum absolute atomic E-state index is 13.2. The minimum Gasteiger partial charge on any atom is -0.481 e. The molecule has 1 amide bonds. The van der Waals surface area contributed by atoms with E-state index in [2.05, 4.69) is 10.4 Å². The third-order valence-corrected chi connectivity index (χ3v) is 4.57. The molecule has 0 bridgehead atoms. The Hall–Kier alpha value is -2.51. The van der Waals surface area contributed by atoms with Gasteiger partial charge in [-0.05, 0) is 44.7 Å². The molecule has 1 aliphatic carbocycles. The first kappa shape index (κ1) is 19.3. The van der Waals surface area contributed by atoms with E-state index in [0.29, 0.717) is 29.8 Å². The molecule has 5 nitrogen and oxygen atoms in total. The fourth-order valence-corrected chi connectivity index (χ4v) is 3.27. The summed E-state index contributed by atoms with van der Waals surface area (Å²) in [6.07, 6.45) is -2.58. The standard InChI is InChI=1S/C19H22F3N3O2/c1-13(27-14-7-3-2-4-8-14)18(26)23-11-12-25-16-10-6-5-9-15(16)17(24-25)19(20,21)22/h2-4,7-8,13H,5-6,9-12H2,1H3,(H,23,26). The zero-order valence-corrected chi connectivity index (χ0v) is 15.1. The minimum absolute atomic E-state index is 0.187. The molecule has 1 N–H and O–H groups in total. The third kappa shape index (κ3) is 4.61. The van der Waals surface area contributed by atoms with Crippen LogP contribution in [0.4, 0.5) is 13.2 Å². The SMILES string of the molecule is CC(Oc1ccccc1)C(=O)NCCn1nc(C(F)(F)F)c2c1CCCC2. The number of carbonyl (C=O) groups excluding carboxylic acids is 1. The van der Waals surface area contributed by atoms with Crippen molar-refractivity contribution in [2.24, 2.45) is 0 Å². The van der Waals surface area contributed by atoms with Gasteiger partial charge in [-0.2, -0.15) is 18.3 Å². The molecule has 2 aromatic rings. The summed E-state index contributed by atoms with van der Waals surface area (Å²) in [5, 5.41) is 6.48. The zero-order valence-electron chi connectivity index (χ0n) is 15.1. The van der Waals surface area contributed by atoms with E-state index in [9.17, 15) is 18.0 Å². The van der Waals surface area contributed by atoms with Crippen molar-refractivity contribution in [3.05, 3.63) is 47.3 Å². The monoisotopic (exact) mass is 381 g/mol. The number of benzene rings is 1. The number of nitrogens with one attached hydrogen (secondary N) is 1. The normalized spacial score (nSPS) is 15.1. The predicted octanol–water partition coefficient (Wildman–Crippen LogP) is 3.36. The Morgan fingerprint density at radius 3 is 2.67 bits per heavy atom. The zero-order chi connectivity index (χ0) is 19.4. The number of amides is 1. The van der Waals surface area contributed by atoms with Gasteiger partial charge in [-0.1, -0.05) is 18.2 Å². The number of ether oxygens (including phenoxy) is 1. The third-order valence-electron chi connectivity index (χ3n) is 4.57. The lowest BCUT2D eigenvalue weighted by Gasteiger charge is -2.16. The molecular formula is C19H22F3N3O2. The summed E-state index contributed by atoms with van der Waals surface area (Å²) in [7, 11) is 0. The van der Waals surface area contributed by atoms with E-state index in [0.717, 1.165) is 12.8 Å². The van der Waals surface area contributed by atoms with Crippen LogP contribution in [0.25, 0.3) is 0 Å². The molecule has 0 radical (unpaired) electrons. The van der Waals surface area contributed by atoms with Gasteiger partial charge in [0, 0.05) is 17.8 Å². The van der Waals surface area contributed by atoms with Crippen LogP contribution in [0.2, 0.25) is 0 Å². The first-order valence-electron chi connectivity index (χ1n) is 9.01. The molecule has 1 unspecified atom stereocenters. The number of fused-ring (bicyclic) bond motifs is 1. The van der Waals surface area contributed by atoms with Crippen LogP contribution in [0.1, 0.15) is 36.7 Å². The van der Waals surface area contributed by atoms with Gasteiger partial charge in [-0.3, -0.25) is 9.48 Å². The van der Waals surface area contributed by atoms with Crippen LogP contribution in [-0.4, -0.2) is 28.3 Å². The lowest BCUT2D eigenvalue weighted by molar-refractivity contribution is -0.142. The minimum atomic E-state index is -4.45. The van der Waals surface area contributed by atoms with Gasteiger partial charge in [0.2, 0.25) is 0 Å². The largest absolute Gasteiger partial charge is 0.481 e. The van der Waals surface area contributed by atoms with Gasteiger partial charge in [0.15, 0.2) is 11.8 Å². The molecule has 1 heterocycles. The highest BCUT2D eigenvalue weighted by Gasteiger charge is 2.39. The van der Waals surface area contributed by atoms with E-state index in [-0.39, 0.29) is 19.0 Å². The van der Waals surface area contributed by atoms with Crippen molar-refractivity contribution in [2.75, 3.05) is 6.54 Å². The molecule has 0 saturated carbocycles. The molecule has 1 aromatic carbocycles. The van der Waals surface area contributed by atoms with Crippen LogP contribution in [0.5, 0.6) is 5.75 Å². The van der Waals surface area contributed by atoms with E-state index < -0.39 is 18.0 Å². The van der Waals surface area contributed by atoms with Crippen LogP contribution >= 0.6 is 0 Å². The Balaban J connectivity index is 1.59. The Labute approximate surface area is 155 Å². The second-order valence-electron chi connectivity index (χ2n) is 6.57. The van der Waals surface area contributed by atoms with E-state index in [4.69, 9.17) is 4.74 Å². The van der Waals surface area contributed by atoms with Crippen molar-refractivity contribution in [3.63, 3.8) is 0 Å². The Kier molecular flexibility index (Phi) is 5.72. The number of aromatic nitrogens is 2. The van der Waals surface area contributed by atoms with Crippen molar-refractivity contribution < 1.29 is 22.7 Å². The lowest BCUT2D eigenvalue weighted by Crippen LogP contribution is -2.38. The van der Waals surface area contributed by atoms with Gasteiger partial charge in [0.1, 0.15) is 5.75 Å². The summed E-state index contributed by atoms with van der Waals surface area (Å²) >= 11 is 0. The van der Waals surface area contributed by atoms with Crippen molar-refractivity contribution in [3.8, 4) is 5.75 Å². The molecule has 3 rings (SSSR count). The molecule has 146 valence electrons. The van der Waals surface area contributed by atoms with E-state index in [1.54, 1.807) is 31.2 Å². The van der Waals surface area contributed by atoms with Crippen molar-refractivity contribution >= 4 is 5.91 Å². The molecule has 0 saturated heterocycles. The van der Waals surface area contributed by atoms with Crippen LogP contribution in [0.3, 0.4) is 0 Å². The maximum atomic E-state index is 13.2. The molecule has 1 atom stereocenters. The average Bonchev–Trinajstić information content (AvgIpc) is 3.02. The Morgan fingerprint density at radius 2 is 1.96 bits per heavy atom. The highest BCUT2D eigenvalue weighted by atomic mass is 19.4. The quantitative estimate of drug-likeness (QED) is 0.835. The Morgan fingerprint density at radius 1 is 1.26 bits per heavy atom. The summed E-state index contributed by atoms with van der Waals surface area (Å²) in [5.41, 5.74) is 0.154. The fraction of sp³-hybridized carbons (Fsp3) is 0.474. The lowest BCUT2D eigenvalue weighted by atomic mass is 9.95. The van der Waals surface area contributed by atoms with Gasteiger partial charge in [-0.15, -0.1) is 0 Å². The fourth-order valence-electron chi connectivity index (χ4n) is 3.27. The molecule has 0 aliphatic heterocycles. The molecule has 0 fully saturated rings. The topological polar surface area (TPSA) is 56.1 Å². The van der Waals surface area contributed by atoms with Crippen molar-refractivity contribution in [1.82, 2.24) is 15.1 Å². The van der Waals surface area contributed by atoms with Gasteiger partial charge >= 0.3 is 6.18 Å². The summed E-state index contributed by atoms with van der Waals surface area (Å²) in [5.74, 6) is 0.257. The maximum Gasteiger partial charge on any atom is 0.435 e. The molecule has 27 heavy (non-hydrogen) atoms. The van der Waals surface area contributed by atoms with E-state index in [1.165, 1.54) is 4.68 Å². The molecule has 8 heteroatoms. The summed E-state index contributed by atoms with van der Waals surface area (Å²) in [6.45, 7) is 2.01. The van der Waals surface area contributed by atoms with Crippen LogP contribution in [-0.2, 0) is 30.4 Å². The number of hydrogen-bond acceptors (Lipinski definition) is 3. The van der Waals surface area contributed by atoms with Crippen molar-refractivity contribution in [1.29, 1.82) is 0 Å².